The normalized spacial score (nSPS) is 17.4. The fraction of sp³-hybridized carbons (Fsp3) is 0.571. The Morgan fingerprint density at radius 2 is 2.33 bits per heavy atom. The minimum atomic E-state index is -0.221. The van der Waals surface area contributed by atoms with Crippen LogP contribution in [0.1, 0.15) is 25.0 Å². The molecule has 1 atom stereocenters. The Morgan fingerprint density at radius 1 is 1.50 bits per heavy atom. The number of ether oxygens (including phenoxy) is 2. The predicted molar refractivity (Wildman–Crippen MR) is 68.0 cm³/mol. The molecule has 1 aromatic carbocycles. The maximum Gasteiger partial charge on any atom is 0.123 e. The zero-order chi connectivity index (χ0) is 12.8. The van der Waals surface area contributed by atoms with Crippen LogP contribution in [0, 0.1) is 5.82 Å². The van der Waals surface area contributed by atoms with Crippen molar-refractivity contribution in [3.8, 4) is 0 Å². The van der Waals surface area contributed by atoms with Gasteiger partial charge in [-0.05, 0) is 30.7 Å². The molecule has 1 N–H and O–H groups in total. The molecular weight excluding hydrogens is 233 g/mol. The highest BCUT2D eigenvalue weighted by Crippen LogP contribution is 2.22. The second-order valence-corrected chi connectivity index (χ2v) is 4.54. The van der Waals surface area contributed by atoms with E-state index in [4.69, 9.17) is 9.47 Å². The summed E-state index contributed by atoms with van der Waals surface area (Å²) in [7, 11) is 0. The van der Waals surface area contributed by atoms with E-state index in [9.17, 15) is 4.39 Å². The lowest BCUT2D eigenvalue weighted by atomic mass is 10.1. The van der Waals surface area contributed by atoms with Crippen LogP contribution in [0.2, 0.25) is 0 Å². The third-order valence-electron chi connectivity index (χ3n) is 2.94. The summed E-state index contributed by atoms with van der Waals surface area (Å²) in [5.41, 5.74) is 0.880. The Kier molecular flexibility index (Phi) is 5.11. The summed E-state index contributed by atoms with van der Waals surface area (Å²) < 4.78 is 24.3. The molecule has 1 unspecified atom stereocenters. The first-order valence-electron chi connectivity index (χ1n) is 6.49. The van der Waals surface area contributed by atoms with Gasteiger partial charge in [-0.15, -0.1) is 0 Å². The molecule has 0 aromatic heterocycles. The van der Waals surface area contributed by atoms with Crippen LogP contribution in [0.5, 0.6) is 0 Å². The molecule has 2 rings (SSSR count). The number of rotatable bonds is 7. The van der Waals surface area contributed by atoms with Crippen LogP contribution in [-0.2, 0) is 9.47 Å². The van der Waals surface area contributed by atoms with Gasteiger partial charge in [-0.1, -0.05) is 19.1 Å². The SMILES string of the molecule is CCCNCC(OC1COC1)c1cccc(F)c1. The quantitative estimate of drug-likeness (QED) is 0.756. The molecule has 18 heavy (non-hydrogen) atoms. The standard InChI is InChI=1S/C14H20FNO2/c1-2-6-16-8-14(18-13-9-17-10-13)11-4-3-5-12(15)7-11/h3-5,7,13-14,16H,2,6,8-10H2,1H3. The molecule has 0 aliphatic carbocycles. The number of hydrogen-bond donors (Lipinski definition) is 1. The van der Waals surface area contributed by atoms with E-state index in [0.29, 0.717) is 19.8 Å². The maximum absolute atomic E-state index is 13.2. The summed E-state index contributed by atoms with van der Waals surface area (Å²) >= 11 is 0. The van der Waals surface area contributed by atoms with Gasteiger partial charge >= 0.3 is 0 Å². The number of benzene rings is 1. The second-order valence-electron chi connectivity index (χ2n) is 4.54. The zero-order valence-electron chi connectivity index (χ0n) is 10.7. The predicted octanol–water partition coefficient (Wildman–Crippen LogP) is 2.28. The van der Waals surface area contributed by atoms with Crippen molar-refractivity contribution < 1.29 is 13.9 Å². The third kappa shape index (κ3) is 3.77. The van der Waals surface area contributed by atoms with E-state index in [0.717, 1.165) is 18.5 Å². The van der Waals surface area contributed by atoms with Crippen molar-refractivity contribution in [1.82, 2.24) is 5.32 Å². The zero-order valence-corrected chi connectivity index (χ0v) is 10.7. The summed E-state index contributed by atoms with van der Waals surface area (Å²) in [6.07, 6.45) is 1.10. The van der Waals surface area contributed by atoms with Gasteiger partial charge in [0.1, 0.15) is 11.9 Å². The van der Waals surface area contributed by atoms with Crippen LogP contribution in [0.4, 0.5) is 4.39 Å². The van der Waals surface area contributed by atoms with Crippen molar-refractivity contribution in [2.45, 2.75) is 25.6 Å². The van der Waals surface area contributed by atoms with Gasteiger partial charge in [-0.25, -0.2) is 4.39 Å². The van der Waals surface area contributed by atoms with E-state index in [1.54, 1.807) is 6.07 Å². The van der Waals surface area contributed by atoms with Crippen LogP contribution in [0.3, 0.4) is 0 Å². The van der Waals surface area contributed by atoms with E-state index in [1.165, 1.54) is 12.1 Å². The summed E-state index contributed by atoms with van der Waals surface area (Å²) in [5.74, 6) is -0.221. The van der Waals surface area contributed by atoms with Crippen molar-refractivity contribution in [3.63, 3.8) is 0 Å². The van der Waals surface area contributed by atoms with E-state index in [-0.39, 0.29) is 18.0 Å². The highest BCUT2D eigenvalue weighted by Gasteiger charge is 2.24. The molecule has 1 saturated heterocycles. The molecule has 0 radical (unpaired) electrons. The number of hydrogen-bond acceptors (Lipinski definition) is 3. The first-order valence-corrected chi connectivity index (χ1v) is 6.49. The smallest absolute Gasteiger partial charge is 0.123 e. The molecule has 3 nitrogen and oxygen atoms in total. The van der Waals surface area contributed by atoms with Gasteiger partial charge in [-0.2, -0.15) is 0 Å². The fourth-order valence-electron chi connectivity index (χ4n) is 1.89. The summed E-state index contributed by atoms with van der Waals surface area (Å²) in [5, 5.41) is 3.32. The van der Waals surface area contributed by atoms with Crippen molar-refractivity contribution >= 4 is 0 Å². The van der Waals surface area contributed by atoms with Crippen LogP contribution < -0.4 is 5.32 Å². The maximum atomic E-state index is 13.2. The largest absolute Gasteiger partial charge is 0.376 e. The highest BCUT2D eigenvalue weighted by atomic mass is 19.1. The average Bonchev–Trinajstić information content (AvgIpc) is 2.31. The topological polar surface area (TPSA) is 30.5 Å². The van der Waals surface area contributed by atoms with Crippen molar-refractivity contribution in [3.05, 3.63) is 35.6 Å². The van der Waals surface area contributed by atoms with Gasteiger partial charge in [0.2, 0.25) is 0 Å². The van der Waals surface area contributed by atoms with E-state index < -0.39 is 0 Å². The molecule has 1 heterocycles. The monoisotopic (exact) mass is 253 g/mol. The van der Waals surface area contributed by atoms with Crippen LogP contribution in [0.25, 0.3) is 0 Å². The Morgan fingerprint density at radius 3 is 2.94 bits per heavy atom. The van der Waals surface area contributed by atoms with Crippen LogP contribution in [0.15, 0.2) is 24.3 Å². The molecule has 0 spiro atoms. The lowest BCUT2D eigenvalue weighted by Crippen LogP contribution is -2.39. The molecule has 0 bridgehead atoms. The third-order valence-corrected chi connectivity index (χ3v) is 2.94. The lowest BCUT2D eigenvalue weighted by Gasteiger charge is -2.31. The first kappa shape index (κ1) is 13.5. The molecule has 1 aliphatic rings. The molecular formula is C14H20FNO2. The number of nitrogens with one attached hydrogen (secondary N) is 1. The lowest BCUT2D eigenvalue weighted by molar-refractivity contribution is -0.155. The summed E-state index contributed by atoms with van der Waals surface area (Å²) in [6.45, 7) is 5.04. The molecule has 0 amide bonds. The average molecular weight is 253 g/mol. The van der Waals surface area contributed by atoms with Gasteiger partial charge < -0.3 is 14.8 Å². The van der Waals surface area contributed by atoms with Gasteiger partial charge in [0.15, 0.2) is 0 Å². The van der Waals surface area contributed by atoms with Crippen molar-refractivity contribution in [1.29, 1.82) is 0 Å². The minimum Gasteiger partial charge on any atom is -0.376 e. The van der Waals surface area contributed by atoms with E-state index in [2.05, 4.69) is 12.2 Å². The number of halogens is 1. The van der Waals surface area contributed by atoms with E-state index in [1.807, 2.05) is 6.07 Å². The molecule has 1 fully saturated rings. The van der Waals surface area contributed by atoms with Gasteiger partial charge in [-0.3, -0.25) is 0 Å². The van der Waals surface area contributed by atoms with Gasteiger partial charge in [0.05, 0.1) is 19.3 Å². The van der Waals surface area contributed by atoms with Gasteiger partial charge in [0, 0.05) is 6.54 Å². The second kappa shape index (κ2) is 6.83. The summed E-state index contributed by atoms with van der Waals surface area (Å²) in [6, 6.07) is 6.61. The van der Waals surface area contributed by atoms with E-state index >= 15 is 0 Å². The molecule has 100 valence electrons. The Hall–Kier alpha value is -0.970. The highest BCUT2D eigenvalue weighted by molar-refractivity contribution is 5.19. The van der Waals surface area contributed by atoms with Crippen LogP contribution >= 0.6 is 0 Å². The Labute approximate surface area is 107 Å². The molecule has 4 heteroatoms. The fourth-order valence-corrected chi connectivity index (χ4v) is 1.89. The van der Waals surface area contributed by atoms with Gasteiger partial charge in [0.25, 0.3) is 0 Å². The van der Waals surface area contributed by atoms with Crippen LogP contribution in [-0.4, -0.2) is 32.4 Å². The summed E-state index contributed by atoms with van der Waals surface area (Å²) in [4.78, 5) is 0. The van der Waals surface area contributed by atoms with Crippen molar-refractivity contribution in [2.75, 3.05) is 26.3 Å². The Bertz CT molecular complexity index is 369. The molecule has 1 aromatic rings. The van der Waals surface area contributed by atoms with Crippen molar-refractivity contribution in [2.24, 2.45) is 0 Å². The first-order chi connectivity index (χ1) is 8.79. The molecule has 0 saturated carbocycles. The minimum absolute atomic E-state index is 0.110. The Balaban J connectivity index is 1.97. The molecule has 1 aliphatic heterocycles.